The van der Waals surface area contributed by atoms with Gasteiger partial charge in [-0.1, -0.05) is 0 Å². The molecule has 0 radical (unpaired) electrons. The van der Waals surface area contributed by atoms with Gasteiger partial charge in [0.15, 0.2) is 11.5 Å². The summed E-state index contributed by atoms with van der Waals surface area (Å²) in [4.78, 5) is 0. The summed E-state index contributed by atoms with van der Waals surface area (Å²) in [6.45, 7) is 1.47. The van der Waals surface area contributed by atoms with Crippen LogP contribution in [0.15, 0.2) is 12.1 Å². The van der Waals surface area contributed by atoms with Gasteiger partial charge in [0.05, 0.1) is 0 Å². The molecule has 1 aromatic rings. The van der Waals surface area contributed by atoms with Crippen LogP contribution >= 0.6 is 0 Å². The van der Waals surface area contributed by atoms with Gasteiger partial charge in [0.1, 0.15) is 13.2 Å². The Morgan fingerprint density at radius 2 is 1.88 bits per heavy atom. The first-order chi connectivity index (χ1) is 8.02. The highest BCUT2D eigenvalue weighted by Crippen LogP contribution is 2.39. The van der Waals surface area contributed by atoms with Crippen molar-refractivity contribution in [3.63, 3.8) is 0 Å². The van der Waals surface area contributed by atoms with Crippen molar-refractivity contribution in [2.24, 2.45) is 0 Å². The SMILES string of the molecule is CC(F)(F)c1cc2c(cc1CNO)OCCO2. The smallest absolute Gasteiger partial charge is 0.270 e. The van der Waals surface area contributed by atoms with E-state index in [0.29, 0.717) is 24.7 Å². The van der Waals surface area contributed by atoms with Crippen molar-refractivity contribution < 1.29 is 23.5 Å². The third-order valence-corrected chi connectivity index (χ3v) is 2.51. The van der Waals surface area contributed by atoms with Crippen LogP contribution < -0.4 is 15.0 Å². The Bertz CT molecular complexity index is 418. The molecule has 1 aliphatic rings. The largest absolute Gasteiger partial charge is 0.486 e. The number of fused-ring (bicyclic) bond motifs is 1. The number of benzene rings is 1. The minimum absolute atomic E-state index is 0.0740. The quantitative estimate of drug-likeness (QED) is 0.800. The Morgan fingerprint density at radius 1 is 1.29 bits per heavy atom. The number of hydrogen-bond acceptors (Lipinski definition) is 4. The highest BCUT2D eigenvalue weighted by Gasteiger charge is 2.30. The van der Waals surface area contributed by atoms with Crippen LogP contribution in [0.2, 0.25) is 0 Å². The zero-order valence-electron chi connectivity index (χ0n) is 9.30. The first-order valence-corrected chi connectivity index (χ1v) is 5.20. The lowest BCUT2D eigenvalue weighted by Gasteiger charge is -2.23. The van der Waals surface area contributed by atoms with Crippen LogP contribution in [0.5, 0.6) is 11.5 Å². The van der Waals surface area contributed by atoms with Gasteiger partial charge in [-0.3, -0.25) is 0 Å². The molecule has 0 aliphatic carbocycles. The van der Waals surface area contributed by atoms with Gasteiger partial charge in [0.2, 0.25) is 0 Å². The standard InChI is InChI=1S/C11H13F2NO3/c1-11(12,13)8-5-10-9(16-2-3-17-10)4-7(8)6-14-15/h4-5,14-15H,2-3,6H2,1H3. The van der Waals surface area contributed by atoms with Gasteiger partial charge in [0, 0.05) is 19.0 Å². The van der Waals surface area contributed by atoms with Crippen LogP contribution in [0.1, 0.15) is 18.1 Å². The van der Waals surface area contributed by atoms with Gasteiger partial charge in [-0.2, -0.15) is 0 Å². The highest BCUT2D eigenvalue weighted by molar-refractivity contribution is 5.49. The van der Waals surface area contributed by atoms with E-state index in [1.807, 2.05) is 5.48 Å². The summed E-state index contributed by atoms with van der Waals surface area (Å²) >= 11 is 0. The van der Waals surface area contributed by atoms with Gasteiger partial charge in [-0.05, 0) is 17.7 Å². The summed E-state index contributed by atoms with van der Waals surface area (Å²) in [6, 6.07) is 2.73. The molecule has 0 aromatic heterocycles. The first-order valence-electron chi connectivity index (χ1n) is 5.20. The van der Waals surface area contributed by atoms with E-state index in [2.05, 4.69) is 0 Å². The van der Waals surface area contributed by atoms with Gasteiger partial charge >= 0.3 is 0 Å². The molecule has 1 heterocycles. The van der Waals surface area contributed by atoms with Crippen molar-refractivity contribution in [3.05, 3.63) is 23.3 Å². The van der Waals surface area contributed by atoms with Gasteiger partial charge in [-0.25, -0.2) is 14.3 Å². The van der Waals surface area contributed by atoms with E-state index in [1.165, 1.54) is 12.1 Å². The second-order valence-electron chi connectivity index (χ2n) is 3.88. The van der Waals surface area contributed by atoms with Crippen molar-refractivity contribution in [1.29, 1.82) is 0 Å². The molecule has 1 aromatic carbocycles. The minimum Gasteiger partial charge on any atom is -0.486 e. The zero-order chi connectivity index (χ0) is 12.5. The lowest BCUT2D eigenvalue weighted by Crippen LogP contribution is -2.20. The van der Waals surface area contributed by atoms with Crippen molar-refractivity contribution in [2.75, 3.05) is 13.2 Å². The van der Waals surface area contributed by atoms with Crippen LogP contribution in [0, 0.1) is 0 Å². The van der Waals surface area contributed by atoms with Crippen LogP contribution in [0.25, 0.3) is 0 Å². The van der Waals surface area contributed by atoms with E-state index >= 15 is 0 Å². The summed E-state index contributed by atoms with van der Waals surface area (Å²) in [7, 11) is 0. The summed E-state index contributed by atoms with van der Waals surface area (Å²) in [5.41, 5.74) is 1.98. The second kappa shape index (κ2) is 4.46. The molecule has 2 rings (SSSR count). The topological polar surface area (TPSA) is 50.7 Å². The fraction of sp³-hybridized carbons (Fsp3) is 0.455. The van der Waals surface area contributed by atoms with Crippen LogP contribution in [-0.4, -0.2) is 18.4 Å². The molecule has 0 saturated heterocycles. The molecule has 17 heavy (non-hydrogen) atoms. The number of ether oxygens (including phenoxy) is 2. The van der Waals surface area contributed by atoms with Crippen molar-refractivity contribution >= 4 is 0 Å². The molecule has 4 nitrogen and oxygen atoms in total. The molecular weight excluding hydrogens is 232 g/mol. The van der Waals surface area contributed by atoms with Gasteiger partial charge in [-0.15, -0.1) is 0 Å². The number of hydrogen-bond donors (Lipinski definition) is 2. The first kappa shape index (κ1) is 12.1. The average Bonchev–Trinajstić information content (AvgIpc) is 2.27. The molecule has 0 atom stereocenters. The van der Waals surface area contributed by atoms with Crippen LogP contribution in [0.3, 0.4) is 0 Å². The molecule has 0 saturated carbocycles. The Balaban J connectivity index is 2.48. The Morgan fingerprint density at radius 3 is 2.41 bits per heavy atom. The Hall–Kier alpha value is -1.40. The second-order valence-corrected chi connectivity index (χ2v) is 3.88. The molecule has 1 aliphatic heterocycles. The van der Waals surface area contributed by atoms with Gasteiger partial charge < -0.3 is 14.7 Å². The van der Waals surface area contributed by atoms with E-state index in [1.54, 1.807) is 0 Å². The third-order valence-electron chi connectivity index (χ3n) is 2.51. The summed E-state index contributed by atoms with van der Waals surface area (Å²) in [6.07, 6.45) is 0. The summed E-state index contributed by atoms with van der Waals surface area (Å²) < 4.78 is 37.4. The molecule has 94 valence electrons. The number of alkyl halides is 2. The fourth-order valence-electron chi connectivity index (χ4n) is 1.77. The van der Waals surface area contributed by atoms with Gasteiger partial charge in [0.25, 0.3) is 5.92 Å². The minimum atomic E-state index is -3.00. The number of rotatable bonds is 3. The van der Waals surface area contributed by atoms with Crippen molar-refractivity contribution in [1.82, 2.24) is 5.48 Å². The van der Waals surface area contributed by atoms with E-state index < -0.39 is 5.92 Å². The van der Waals surface area contributed by atoms with Crippen LogP contribution in [-0.2, 0) is 12.5 Å². The highest BCUT2D eigenvalue weighted by atomic mass is 19.3. The Labute approximate surface area is 97.1 Å². The zero-order valence-corrected chi connectivity index (χ0v) is 9.30. The van der Waals surface area contributed by atoms with E-state index in [-0.39, 0.29) is 17.7 Å². The molecule has 2 N–H and O–H groups in total. The fourth-order valence-corrected chi connectivity index (χ4v) is 1.77. The normalized spacial score (nSPS) is 14.8. The maximum absolute atomic E-state index is 13.4. The predicted molar refractivity (Wildman–Crippen MR) is 55.6 cm³/mol. The molecule has 0 spiro atoms. The molecule has 0 fully saturated rings. The summed E-state index contributed by atoms with van der Waals surface area (Å²) in [5.74, 6) is -2.26. The lowest BCUT2D eigenvalue weighted by molar-refractivity contribution is 0.0152. The molecular formula is C11H13F2NO3. The van der Waals surface area contributed by atoms with E-state index in [9.17, 15) is 8.78 Å². The van der Waals surface area contributed by atoms with E-state index in [4.69, 9.17) is 14.7 Å². The molecule has 0 unspecified atom stereocenters. The predicted octanol–water partition coefficient (Wildman–Crippen LogP) is 2.05. The van der Waals surface area contributed by atoms with E-state index in [0.717, 1.165) is 6.92 Å². The average molecular weight is 245 g/mol. The Kier molecular flexibility index (Phi) is 3.17. The van der Waals surface area contributed by atoms with Crippen molar-refractivity contribution in [3.8, 4) is 11.5 Å². The number of nitrogens with one attached hydrogen (secondary N) is 1. The lowest BCUT2D eigenvalue weighted by atomic mass is 10.0. The van der Waals surface area contributed by atoms with Crippen LogP contribution in [0.4, 0.5) is 8.78 Å². The maximum atomic E-state index is 13.4. The molecule has 0 bridgehead atoms. The third kappa shape index (κ3) is 2.48. The number of hydroxylamine groups is 1. The maximum Gasteiger partial charge on any atom is 0.270 e. The molecule has 6 heteroatoms. The number of halogens is 2. The van der Waals surface area contributed by atoms with Crippen molar-refractivity contribution in [2.45, 2.75) is 19.4 Å². The summed E-state index contributed by atoms with van der Waals surface area (Å²) in [5, 5.41) is 8.65. The monoisotopic (exact) mass is 245 g/mol. The molecule has 0 amide bonds.